The Balaban J connectivity index is 1.35. The molecule has 4 aromatic rings. The van der Waals surface area contributed by atoms with Gasteiger partial charge in [0.25, 0.3) is 5.56 Å². The van der Waals surface area contributed by atoms with Crippen molar-refractivity contribution in [2.75, 3.05) is 6.54 Å². The van der Waals surface area contributed by atoms with E-state index in [9.17, 15) is 9.59 Å². The van der Waals surface area contributed by atoms with Crippen LogP contribution in [0.2, 0.25) is 0 Å². The van der Waals surface area contributed by atoms with Gasteiger partial charge >= 0.3 is 0 Å². The zero-order chi connectivity index (χ0) is 20.4. The second-order valence-electron chi connectivity index (χ2n) is 7.33. The molecule has 0 bridgehead atoms. The van der Waals surface area contributed by atoms with Crippen LogP contribution in [0.5, 0.6) is 0 Å². The van der Waals surface area contributed by atoms with Crippen LogP contribution in [0, 0.1) is 6.92 Å². The fourth-order valence-corrected chi connectivity index (χ4v) is 4.43. The Morgan fingerprint density at radius 3 is 2.79 bits per heavy atom. The molecule has 0 unspecified atom stereocenters. The molecule has 0 fully saturated rings. The number of nitrogens with zero attached hydrogens (tertiary/aromatic N) is 3. The molecule has 150 valence electrons. The molecule has 0 aliphatic rings. The van der Waals surface area contributed by atoms with Crippen molar-refractivity contribution in [3.63, 3.8) is 0 Å². The van der Waals surface area contributed by atoms with E-state index in [1.807, 2.05) is 47.0 Å². The summed E-state index contributed by atoms with van der Waals surface area (Å²) < 4.78 is 4.47. The first-order valence-electron chi connectivity index (χ1n) is 9.82. The van der Waals surface area contributed by atoms with Crippen molar-refractivity contribution in [3.8, 4) is 0 Å². The first-order valence-corrected chi connectivity index (χ1v) is 10.7. The number of hydrogen-bond acceptors (Lipinski definition) is 4. The standard InChI is InChI=1S/C22H24N4O2S/c1-15(17-7-4-3-5-8-17)14-23-21(27)9-6-11-25-22(28)19-13-20-18(10-12-29-20)26(19)16(2)24-25/h3-5,7-8,10,12-13,15H,6,9,11,14H2,1-2H3,(H,23,27)/t15-/m0/s1. The maximum Gasteiger partial charge on any atom is 0.291 e. The normalized spacial score (nSPS) is 12.5. The molecule has 4 rings (SSSR count). The summed E-state index contributed by atoms with van der Waals surface area (Å²) in [7, 11) is 0. The summed E-state index contributed by atoms with van der Waals surface area (Å²) in [6.07, 6.45) is 0.944. The topological polar surface area (TPSA) is 68.4 Å². The van der Waals surface area contributed by atoms with E-state index in [2.05, 4.69) is 29.5 Å². The first kappa shape index (κ1) is 19.4. The predicted molar refractivity (Wildman–Crippen MR) is 117 cm³/mol. The van der Waals surface area contributed by atoms with Crippen LogP contribution < -0.4 is 10.9 Å². The number of thiophene rings is 1. The Bertz CT molecular complexity index is 1210. The predicted octanol–water partition coefficient (Wildman–Crippen LogP) is 3.72. The molecule has 1 aromatic carbocycles. The highest BCUT2D eigenvalue weighted by molar-refractivity contribution is 7.17. The van der Waals surface area contributed by atoms with E-state index in [0.29, 0.717) is 31.4 Å². The number of rotatable bonds is 7. The smallest absolute Gasteiger partial charge is 0.291 e. The van der Waals surface area contributed by atoms with Gasteiger partial charge in [0.05, 0.1) is 10.2 Å². The summed E-state index contributed by atoms with van der Waals surface area (Å²) in [5, 5.41) is 9.45. The molecule has 1 amide bonds. The molecule has 0 aliphatic heterocycles. The Kier molecular flexibility index (Phi) is 5.49. The first-order chi connectivity index (χ1) is 14.0. The molecule has 0 spiro atoms. The SMILES string of the molecule is Cc1nn(CCCC(=O)NC[C@H](C)c2ccccc2)c(=O)c2cc3sccc3n12. The second kappa shape index (κ2) is 8.21. The molecule has 3 aromatic heterocycles. The van der Waals surface area contributed by atoms with E-state index >= 15 is 0 Å². The average Bonchev–Trinajstić information content (AvgIpc) is 3.32. The highest BCUT2D eigenvalue weighted by Gasteiger charge is 2.13. The van der Waals surface area contributed by atoms with E-state index in [1.165, 1.54) is 10.2 Å². The van der Waals surface area contributed by atoms with Crippen molar-refractivity contribution in [3.05, 3.63) is 69.6 Å². The Hall–Kier alpha value is -2.93. The third-order valence-corrected chi connectivity index (χ3v) is 6.07. The summed E-state index contributed by atoms with van der Waals surface area (Å²) in [5.74, 6) is 1.04. The van der Waals surface area contributed by atoms with Crippen LogP contribution in [-0.2, 0) is 11.3 Å². The van der Waals surface area contributed by atoms with E-state index in [4.69, 9.17) is 0 Å². The van der Waals surface area contributed by atoms with Gasteiger partial charge < -0.3 is 5.32 Å². The van der Waals surface area contributed by atoms with Crippen molar-refractivity contribution < 1.29 is 4.79 Å². The molecular formula is C22H24N4O2S. The molecular weight excluding hydrogens is 384 g/mol. The molecule has 0 saturated carbocycles. The molecule has 29 heavy (non-hydrogen) atoms. The van der Waals surface area contributed by atoms with Gasteiger partial charge in [-0.05, 0) is 42.3 Å². The van der Waals surface area contributed by atoms with Crippen LogP contribution in [0.3, 0.4) is 0 Å². The van der Waals surface area contributed by atoms with Crippen LogP contribution in [0.1, 0.15) is 37.1 Å². The van der Waals surface area contributed by atoms with E-state index in [-0.39, 0.29) is 17.4 Å². The summed E-state index contributed by atoms with van der Waals surface area (Å²) in [4.78, 5) is 25.0. The number of hydrogen-bond donors (Lipinski definition) is 1. The Labute approximate surface area is 172 Å². The Morgan fingerprint density at radius 1 is 1.21 bits per heavy atom. The van der Waals surface area contributed by atoms with E-state index in [1.54, 1.807) is 11.3 Å². The summed E-state index contributed by atoms with van der Waals surface area (Å²) in [6, 6.07) is 14.1. The van der Waals surface area contributed by atoms with Crippen molar-refractivity contribution in [1.29, 1.82) is 0 Å². The zero-order valence-corrected chi connectivity index (χ0v) is 17.4. The summed E-state index contributed by atoms with van der Waals surface area (Å²) >= 11 is 1.61. The van der Waals surface area contributed by atoms with Crippen LogP contribution in [0.15, 0.2) is 52.6 Å². The fourth-order valence-electron chi connectivity index (χ4n) is 3.62. The number of carbonyl (C=O) groups is 1. The molecule has 0 saturated heterocycles. The van der Waals surface area contributed by atoms with Crippen LogP contribution in [0.4, 0.5) is 0 Å². The molecule has 7 heteroatoms. The van der Waals surface area contributed by atoms with Gasteiger partial charge in [0.1, 0.15) is 11.3 Å². The van der Waals surface area contributed by atoms with Gasteiger partial charge in [-0.3, -0.25) is 14.0 Å². The molecule has 3 heterocycles. The van der Waals surface area contributed by atoms with Gasteiger partial charge in [-0.25, -0.2) is 4.68 Å². The van der Waals surface area contributed by atoms with Crippen molar-refractivity contribution in [2.24, 2.45) is 0 Å². The lowest BCUT2D eigenvalue weighted by Gasteiger charge is -2.13. The molecule has 1 atom stereocenters. The van der Waals surface area contributed by atoms with Crippen LogP contribution >= 0.6 is 11.3 Å². The van der Waals surface area contributed by atoms with Crippen molar-refractivity contribution in [2.45, 2.75) is 39.2 Å². The molecule has 0 aliphatic carbocycles. The van der Waals surface area contributed by atoms with Crippen molar-refractivity contribution in [1.82, 2.24) is 19.5 Å². The zero-order valence-electron chi connectivity index (χ0n) is 16.6. The number of fused-ring (bicyclic) bond motifs is 3. The van der Waals surface area contributed by atoms with Gasteiger partial charge in [0.15, 0.2) is 0 Å². The van der Waals surface area contributed by atoms with Crippen molar-refractivity contribution >= 4 is 33.0 Å². The summed E-state index contributed by atoms with van der Waals surface area (Å²) in [5.41, 5.74) is 2.75. The van der Waals surface area contributed by atoms with E-state index in [0.717, 1.165) is 16.0 Å². The highest BCUT2D eigenvalue weighted by atomic mass is 32.1. The molecule has 1 N–H and O–H groups in total. The minimum Gasteiger partial charge on any atom is -0.356 e. The monoisotopic (exact) mass is 408 g/mol. The van der Waals surface area contributed by atoms with Gasteiger partial charge in [0.2, 0.25) is 5.91 Å². The summed E-state index contributed by atoms with van der Waals surface area (Å²) in [6.45, 7) is 5.03. The molecule has 6 nitrogen and oxygen atoms in total. The minimum absolute atomic E-state index is 0.00169. The van der Waals surface area contributed by atoms with Crippen LogP contribution in [-0.4, -0.2) is 26.6 Å². The maximum absolute atomic E-state index is 12.8. The second-order valence-corrected chi connectivity index (χ2v) is 8.28. The third kappa shape index (κ3) is 3.96. The highest BCUT2D eigenvalue weighted by Crippen LogP contribution is 2.24. The lowest BCUT2D eigenvalue weighted by Crippen LogP contribution is -2.29. The molecule has 0 radical (unpaired) electrons. The van der Waals surface area contributed by atoms with Crippen LogP contribution in [0.25, 0.3) is 15.7 Å². The number of nitrogens with one attached hydrogen (secondary N) is 1. The maximum atomic E-state index is 12.8. The lowest BCUT2D eigenvalue weighted by molar-refractivity contribution is -0.121. The van der Waals surface area contributed by atoms with E-state index < -0.39 is 0 Å². The largest absolute Gasteiger partial charge is 0.356 e. The third-order valence-electron chi connectivity index (χ3n) is 5.21. The average molecular weight is 409 g/mol. The van der Waals surface area contributed by atoms with Gasteiger partial charge in [-0.1, -0.05) is 37.3 Å². The van der Waals surface area contributed by atoms with Gasteiger partial charge in [0, 0.05) is 19.5 Å². The number of aryl methyl sites for hydroxylation is 2. The number of carbonyl (C=O) groups excluding carboxylic acids is 1. The van der Waals surface area contributed by atoms with Gasteiger partial charge in [-0.15, -0.1) is 11.3 Å². The fraction of sp³-hybridized carbons (Fsp3) is 0.318. The number of amides is 1. The Morgan fingerprint density at radius 2 is 2.00 bits per heavy atom. The number of aromatic nitrogens is 3. The quantitative estimate of drug-likeness (QED) is 0.507. The minimum atomic E-state index is -0.114. The lowest BCUT2D eigenvalue weighted by atomic mass is 10.0. The number of benzene rings is 1. The van der Waals surface area contributed by atoms with Gasteiger partial charge in [-0.2, -0.15) is 5.10 Å².